The summed E-state index contributed by atoms with van der Waals surface area (Å²) in [7, 11) is 0. The first-order valence-corrected chi connectivity index (χ1v) is 19.7. The Labute approximate surface area is 294 Å². The number of ether oxygens (including phenoxy) is 2. The van der Waals surface area contributed by atoms with Gasteiger partial charge in [-0.2, -0.15) is 0 Å². The van der Waals surface area contributed by atoms with Crippen LogP contribution in [0.5, 0.6) is 0 Å². The molecule has 0 heterocycles. The summed E-state index contributed by atoms with van der Waals surface area (Å²) >= 11 is 0. The van der Waals surface area contributed by atoms with E-state index in [0.29, 0.717) is 19.3 Å². The molecule has 0 aromatic heterocycles. The first-order chi connectivity index (χ1) is 23.4. The van der Waals surface area contributed by atoms with Crippen molar-refractivity contribution in [3.8, 4) is 0 Å². The lowest BCUT2D eigenvalue weighted by Crippen LogP contribution is -2.26. The second-order valence-electron chi connectivity index (χ2n) is 13.4. The minimum Gasteiger partial charge on any atom is -0.463 e. The van der Waals surface area contributed by atoms with Gasteiger partial charge in [-0.05, 0) is 51.4 Å². The van der Waals surface area contributed by atoms with E-state index in [1.54, 1.807) is 0 Å². The highest BCUT2D eigenvalue weighted by Gasteiger charge is 2.16. The molecular formula is C41H74O7. The first-order valence-electron chi connectivity index (χ1n) is 19.7. The molecule has 0 spiro atoms. The lowest BCUT2D eigenvalue weighted by molar-refractivity contribution is -0.152. The Morgan fingerprint density at radius 2 is 0.917 bits per heavy atom. The van der Waals surface area contributed by atoms with Crippen LogP contribution in [0.2, 0.25) is 0 Å². The molecule has 0 amide bonds. The van der Waals surface area contributed by atoms with Gasteiger partial charge in [0, 0.05) is 12.8 Å². The molecule has 0 aliphatic heterocycles. The Hall–Kier alpha value is -1.96. The zero-order chi connectivity index (χ0) is 35.3. The molecule has 0 radical (unpaired) electrons. The van der Waals surface area contributed by atoms with E-state index in [1.165, 1.54) is 96.3 Å². The predicted octanol–water partition coefficient (Wildman–Crippen LogP) is 10.0. The molecule has 0 aromatic carbocycles. The highest BCUT2D eigenvalue weighted by molar-refractivity contribution is 5.69. The van der Waals surface area contributed by atoms with Crippen molar-refractivity contribution >= 4 is 11.9 Å². The van der Waals surface area contributed by atoms with E-state index in [9.17, 15) is 24.9 Å². The number of carbonyl (C=O) groups excluding carboxylic acids is 2. The molecule has 3 N–H and O–H groups in total. The zero-order valence-electron chi connectivity index (χ0n) is 31.0. The van der Waals surface area contributed by atoms with Crippen LogP contribution >= 0.6 is 0 Å². The maximum Gasteiger partial charge on any atom is 0.305 e. The number of hydrogen-bond donors (Lipinski definition) is 3. The number of esters is 2. The summed E-state index contributed by atoms with van der Waals surface area (Å²) in [6, 6.07) is 0. The van der Waals surface area contributed by atoms with Gasteiger partial charge in [-0.25, -0.2) is 0 Å². The molecule has 3 atom stereocenters. The van der Waals surface area contributed by atoms with Gasteiger partial charge in [-0.3, -0.25) is 9.59 Å². The molecule has 0 rings (SSSR count). The van der Waals surface area contributed by atoms with Gasteiger partial charge in [0.05, 0.1) is 12.2 Å². The van der Waals surface area contributed by atoms with Gasteiger partial charge in [-0.15, -0.1) is 0 Å². The quantitative estimate of drug-likeness (QED) is 0.0347. The molecule has 0 aliphatic rings. The van der Waals surface area contributed by atoms with E-state index in [0.717, 1.165) is 38.5 Å². The monoisotopic (exact) mass is 679 g/mol. The minimum atomic E-state index is -1.07. The van der Waals surface area contributed by atoms with Gasteiger partial charge in [0.25, 0.3) is 0 Å². The smallest absolute Gasteiger partial charge is 0.305 e. The standard InChI is InChI=1S/C41H74O7/c1-3-5-7-9-11-13-15-17-18-19-21-23-25-27-29-33-40(45)47-35-37(42)36-48-41(46)34-30-32-39(44)38(43)31-28-26-24-22-20-16-14-12-10-8-6-4-2/h12,14,20,22,26,28,37-39,42-44H,3-11,13,15-19,21,23-25,27,29-36H2,1-2H3/b14-12-,22-20-,28-26-/t37-,38?,39?/m0/s1. The zero-order valence-corrected chi connectivity index (χ0v) is 31.0. The molecule has 0 saturated carbocycles. The molecular weight excluding hydrogens is 604 g/mol. The molecule has 48 heavy (non-hydrogen) atoms. The number of unbranched alkanes of at least 4 members (excludes halogenated alkanes) is 17. The summed E-state index contributed by atoms with van der Waals surface area (Å²) < 4.78 is 10.2. The average molecular weight is 679 g/mol. The number of aliphatic hydroxyl groups is 3. The number of carbonyl (C=O) groups is 2. The lowest BCUT2D eigenvalue weighted by Gasteiger charge is -2.16. The van der Waals surface area contributed by atoms with Gasteiger partial charge >= 0.3 is 11.9 Å². The van der Waals surface area contributed by atoms with Crippen LogP contribution in [0.3, 0.4) is 0 Å². The Bertz CT molecular complexity index is 807. The van der Waals surface area contributed by atoms with E-state index in [4.69, 9.17) is 9.47 Å². The van der Waals surface area contributed by atoms with E-state index in [1.807, 2.05) is 12.2 Å². The summed E-state index contributed by atoms with van der Waals surface area (Å²) in [6.45, 7) is 4.02. The molecule has 2 unspecified atom stereocenters. The fraction of sp³-hybridized carbons (Fsp3) is 0.805. The second-order valence-corrected chi connectivity index (χ2v) is 13.4. The summed E-state index contributed by atoms with van der Waals surface area (Å²) in [5, 5.41) is 30.4. The minimum absolute atomic E-state index is 0.0726. The SMILES string of the molecule is CCCCC/C=C\C/C=C\C/C=C\CC(O)C(O)CCCC(=O)OC[C@@H](O)COC(=O)CCCCCCCCCCCCCCCCC. The third-order valence-corrected chi connectivity index (χ3v) is 8.58. The number of aliphatic hydroxyl groups excluding tert-OH is 3. The first kappa shape index (κ1) is 46.0. The van der Waals surface area contributed by atoms with Gasteiger partial charge in [0.15, 0.2) is 0 Å². The molecule has 0 fully saturated rings. The molecule has 0 aromatic rings. The van der Waals surface area contributed by atoms with Crippen molar-refractivity contribution in [2.45, 2.75) is 199 Å². The normalized spacial score (nSPS) is 13.9. The largest absolute Gasteiger partial charge is 0.463 e. The number of rotatable bonds is 35. The van der Waals surface area contributed by atoms with Crippen LogP contribution in [0.1, 0.15) is 181 Å². The maximum absolute atomic E-state index is 12.0. The molecule has 0 bridgehead atoms. The Morgan fingerprint density at radius 1 is 0.500 bits per heavy atom. The maximum atomic E-state index is 12.0. The summed E-state index contributed by atoms with van der Waals surface area (Å²) in [4.78, 5) is 24.0. The predicted molar refractivity (Wildman–Crippen MR) is 199 cm³/mol. The van der Waals surface area contributed by atoms with Crippen LogP contribution < -0.4 is 0 Å². The highest BCUT2D eigenvalue weighted by Crippen LogP contribution is 2.14. The van der Waals surface area contributed by atoms with Crippen molar-refractivity contribution in [2.75, 3.05) is 13.2 Å². The Morgan fingerprint density at radius 3 is 1.44 bits per heavy atom. The molecule has 7 nitrogen and oxygen atoms in total. The van der Waals surface area contributed by atoms with Crippen LogP contribution in [0.15, 0.2) is 36.5 Å². The van der Waals surface area contributed by atoms with Gasteiger partial charge < -0.3 is 24.8 Å². The van der Waals surface area contributed by atoms with Crippen molar-refractivity contribution < 1.29 is 34.4 Å². The van der Waals surface area contributed by atoms with E-state index in [-0.39, 0.29) is 32.0 Å². The van der Waals surface area contributed by atoms with Crippen LogP contribution in [-0.4, -0.2) is 58.8 Å². The molecule has 0 aliphatic carbocycles. The van der Waals surface area contributed by atoms with E-state index >= 15 is 0 Å². The van der Waals surface area contributed by atoms with E-state index in [2.05, 4.69) is 38.2 Å². The van der Waals surface area contributed by atoms with Crippen LogP contribution in [0, 0.1) is 0 Å². The Balaban J connectivity index is 3.67. The fourth-order valence-corrected chi connectivity index (χ4v) is 5.42. The van der Waals surface area contributed by atoms with Crippen LogP contribution in [-0.2, 0) is 19.1 Å². The van der Waals surface area contributed by atoms with E-state index < -0.39 is 24.3 Å². The molecule has 280 valence electrons. The van der Waals surface area contributed by atoms with Gasteiger partial charge in [0.1, 0.15) is 19.3 Å². The van der Waals surface area contributed by atoms with Crippen molar-refractivity contribution in [1.82, 2.24) is 0 Å². The molecule has 7 heteroatoms. The number of allylic oxidation sites excluding steroid dienone is 5. The van der Waals surface area contributed by atoms with Crippen molar-refractivity contribution in [2.24, 2.45) is 0 Å². The fourth-order valence-electron chi connectivity index (χ4n) is 5.42. The van der Waals surface area contributed by atoms with Crippen molar-refractivity contribution in [1.29, 1.82) is 0 Å². The Kier molecular flexibility index (Phi) is 34.8. The van der Waals surface area contributed by atoms with Crippen molar-refractivity contribution in [3.05, 3.63) is 36.5 Å². The summed E-state index contributed by atoms with van der Waals surface area (Å²) in [5.41, 5.74) is 0. The highest BCUT2D eigenvalue weighted by atomic mass is 16.6. The average Bonchev–Trinajstić information content (AvgIpc) is 3.08. The number of hydrogen-bond acceptors (Lipinski definition) is 7. The van der Waals surface area contributed by atoms with Gasteiger partial charge in [0.2, 0.25) is 0 Å². The summed E-state index contributed by atoms with van der Waals surface area (Å²) in [6.07, 6.45) is 36.6. The van der Waals surface area contributed by atoms with Gasteiger partial charge in [-0.1, -0.05) is 153 Å². The lowest BCUT2D eigenvalue weighted by atomic mass is 10.0. The van der Waals surface area contributed by atoms with Crippen LogP contribution in [0.4, 0.5) is 0 Å². The van der Waals surface area contributed by atoms with Crippen molar-refractivity contribution in [3.63, 3.8) is 0 Å². The third kappa shape index (κ3) is 33.9. The summed E-state index contributed by atoms with van der Waals surface area (Å²) in [5.74, 6) is -0.836. The second kappa shape index (κ2) is 36.3. The topological polar surface area (TPSA) is 113 Å². The van der Waals surface area contributed by atoms with Crippen LogP contribution in [0.25, 0.3) is 0 Å². The molecule has 0 saturated heterocycles. The third-order valence-electron chi connectivity index (χ3n) is 8.58.